The molecule has 3 unspecified atom stereocenters. The van der Waals surface area contributed by atoms with Gasteiger partial charge in [0.2, 0.25) is 0 Å². The molecule has 2 aliphatic heterocycles. The van der Waals surface area contributed by atoms with E-state index in [-0.39, 0.29) is 0 Å². The third-order valence-corrected chi connectivity index (χ3v) is 9.05. The molecule has 2 saturated heterocycles. The van der Waals surface area contributed by atoms with Crippen LogP contribution in [0, 0.1) is 5.41 Å². The number of ether oxygens (including phenoxy) is 1. The predicted octanol–water partition coefficient (Wildman–Crippen LogP) is 5.60. The van der Waals surface area contributed by atoms with Crippen LogP contribution < -0.4 is 10.1 Å². The number of rotatable bonds is 6. The second kappa shape index (κ2) is 10.0. The molecule has 34 heavy (non-hydrogen) atoms. The summed E-state index contributed by atoms with van der Waals surface area (Å²) in [6.45, 7) is 12.8. The van der Waals surface area contributed by atoms with E-state index in [0.29, 0.717) is 23.4 Å². The van der Waals surface area contributed by atoms with Gasteiger partial charge in [0, 0.05) is 37.8 Å². The van der Waals surface area contributed by atoms with Crippen LogP contribution in [0.5, 0.6) is 5.75 Å². The van der Waals surface area contributed by atoms with Crippen LogP contribution in [0.2, 0.25) is 0 Å². The standard InChI is InChI=1S/C30H43N3O/c1-22(2)26-7-5-6-8-27(26)28-21-32(20-24-9-11-25(34-4)12-10-24)23(3)19-33(28)29-13-14-30(29)15-17-31-18-16-30/h5-12,22-23,28-29,31H,13-21H2,1-4H3. The molecule has 1 N–H and O–H groups in total. The Hall–Kier alpha value is -1.88. The van der Waals surface area contributed by atoms with Crippen molar-refractivity contribution in [3.63, 3.8) is 0 Å². The molecule has 4 heteroatoms. The van der Waals surface area contributed by atoms with E-state index in [9.17, 15) is 0 Å². The second-order valence-corrected chi connectivity index (χ2v) is 11.3. The topological polar surface area (TPSA) is 27.7 Å². The highest BCUT2D eigenvalue weighted by atomic mass is 16.5. The molecule has 1 spiro atoms. The summed E-state index contributed by atoms with van der Waals surface area (Å²) in [4.78, 5) is 5.67. The van der Waals surface area contributed by atoms with Crippen molar-refractivity contribution in [3.8, 4) is 5.75 Å². The van der Waals surface area contributed by atoms with Crippen molar-refractivity contribution in [2.45, 2.75) is 77.0 Å². The van der Waals surface area contributed by atoms with Gasteiger partial charge >= 0.3 is 0 Å². The lowest BCUT2D eigenvalue weighted by Gasteiger charge is -2.61. The smallest absolute Gasteiger partial charge is 0.118 e. The van der Waals surface area contributed by atoms with Crippen LogP contribution in [0.15, 0.2) is 48.5 Å². The highest BCUT2D eigenvalue weighted by Crippen LogP contribution is 2.53. The van der Waals surface area contributed by atoms with Gasteiger partial charge in [0.1, 0.15) is 5.75 Å². The summed E-state index contributed by atoms with van der Waals surface area (Å²) in [6.07, 6.45) is 5.47. The first-order valence-corrected chi connectivity index (χ1v) is 13.4. The van der Waals surface area contributed by atoms with Gasteiger partial charge in [0.25, 0.3) is 0 Å². The molecule has 1 aliphatic carbocycles. The highest BCUT2D eigenvalue weighted by Gasteiger charge is 2.52. The third kappa shape index (κ3) is 4.53. The SMILES string of the molecule is COc1ccc(CN2CC(c3ccccc3C(C)C)N(C3CCC34CCNCC4)CC2C)cc1. The first-order valence-electron chi connectivity index (χ1n) is 13.4. The van der Waals surface area contributed by atoms with Crippen LogP contribution in [-0.4, -0.2) is 55.2 Å². The van der Waals surface area contributed by atoms with Gasteiger partial charge < -0.3 is 10.1 Å². The van der Waals surface area contributed by atoms with Gasteiger partial charge in [-0.1, -0.05) is 50.2 Å². The van der Waals surface area contributed by atoms with Crippen molar-refractivity contribution >= 4 is 0 Å². The zero-order valence-corrected chi connectivity index (χ0v) is 21.6. The molecule has 4 nitrogen and oxygen atoms in total. The number of hydrogen-bond acceptors (Lipinski definition) is 4. The number of piperidine rings is 1. The summed E-state index contributed by atoms with van der Waals surface area (Å²) >= 11 is 0. The molecule has 2 aromatic carbocycles. The lowest BCUT2D eigenvalue weighted by atomic mass is 9.58. The van der Waals surface area contributed by atoms with E-state index < -0.39 is 0 Å². The number of piperazine rings is 1. The highest BCUT2D eigenvalue weighted by molar-refractivity contribution is 5.34. The minimum absolute atomic E-state index is 0.463. The normalized spacial score (nSPS) is 27.6. The van der Waals surface area contributed by atoms with Gasteiger partial charge in [0.05, 0.1) is 7.11 Å². The van der Waals surface area contributed by atoms with E-state index in [0.717, 1.165) is 31.4 Å². The zero-order valence-electron chi connectivity index (χ0n) is 21.6. The van der Waals surface area contributed by atoms with Crippen molar-refractivity contribution in [1.82, 2.24) is 15.1 Å². The van der Waals surface area contributed by atoms with Crippen LogP contribution in [0.4, 0.5) is 0 Å². The van der Waals surface area contributed by atoms with Crippen LogP contribution in [0.25, 0.3) is 0 Å². The van der Waals surface area contributed by atoms with E-state index >= 15 is 0 Å². The minimum Gasteiger partial charge on any atom is -0.497 e. The molecule has 3 fully saturated rings. The molecular weight excluding hydrogens is 418 g/mol. The maximum atomic E-state index is 5.38. The molecule has 0 aromatic heterocycles. The average molecular weight is 462 g/mol. The van der Waals surface area contributed by atoms with E-state index in [4.69, 9.17) is 4.74 Å². The number of methoxy groups -OCH3 is 1. The maximum Gasteiger partial charge on any atom is 0.118 e. The number of hydrogen-bond donors (Lipinski definition) is 1. The van der Waals surface area contributed by atoms with Crippen molar-refractivity contribution in [1.29, 1.82) is 0 Å². The molecule has 0 amide bonds. The molecule has 3 aliphatic rings. The largest absolute Gasteiger partial charge is 0.497 e. The van der Waals surface area contributed by atoms with E-state index in [1.807, 2.05) is 0 Å². The monoisotopic (exact) mass is 461 g/mol. The van der Waals surface area contributed by atoms with Gasteiger partial charge in [0.15, 0.2) is 0 Å². The van der Waals surface area contributed by atoms with Gasteiger partial charge in [-0.05, 0) is 85.9 Å². The molecule has 0 radical (unpaired) electrons. The van der Waals surface area contributed by atoms with E-state index in [1.165, 1.54) is 49.9 Å². The van der Waals surface area contributed by atoms with Gasteiger partial charge in [-0.2, -0.15) is 0 Å². The molecule has 184 valence electrons. The number of nitrogens with zero attached hydrogens (tertiary/aromatic N) is 2. The molecule has 0 bridgehead atoms. The summed E-state index contributed by atoms with van der Waals surface area (Å²) in [6, 6.07) is 19.6. The quantitative estimate of drug-likeness (QED) is 0.606. The predicted molar refractivity (Wildman–Crippen MR) is 140 cm³/mol. The Morgan fingerprint density at radius 1 is 1.00 bits per heavy atom. The summed E-state index contributed by atoms with van der Waals surface area (Å²) < 4.78 is 5.38. The van der Waals surface area contributed by atoms with Gasteiger partial charge in [-0.25, -0.2) is 0 Å². The Morgan fingerprint density at radius 3 is 2.38 bits per heavy atom. The molecule has 1 saturated carbocycles. The summed E-state index contributed by atoms with van der Waals surface area (Å²) in [5.74, 6) is 1.48. The molecule has 3 atom stereocenters. The number of benzene rings is 2. The molecule has 5 rings (SSSR count). The van der Waals surface area contributed by atoms with Crippen molar-refractivity contribution < 1.29 is 4.74 Å². The minimum atomic E-state index is 0.463. The lowest BCUT2D eigenvalue weighted by Crippen LogP contribution is -2.64. The fourth-order valence-electron chi connectivity index (χ4n) is 6.91. The van der Waals surface area contributed by atoms with Crippen molar-refractivity contribution in [2.75, 3.05) is 33.3 Å². The fraction of sp³-hybridized carbons (Fsp3) is 0.600. The summed E-state index contributed by atoms with van der Waals surface area (Å²) in [5.41, 5.74) is 4.99. The van der Waals surface area contributed by atoms with Gasteiger partial charge in [-0.3, -0.25) is 9.80 Å². The van der Waals surface area contributed by atoms with Crippen LogP contribution in [-0.2, 0) is 6.54 Å². The lowest BCUT2D eigenvalue weighted by molar-refractivity contribution is -0.102. The maximum absolute atomic E-state index is 5.38. The van der Waals surface area contributed by atoms with Crippen LogP contribution in [0.3, 0.4) is 0 Å². The van der Waals surface area contributed by atoms with Crippen LogP contribution in [0.1, 0.15) is 75.1 Å². The van der Waals surface area contributed by atoms with E-state index in [2.05, 4.69) is 84.4 Å². The second-order valence-electron chi connectivity index (χ2n) is 11.3. The number of nitrogens with one attached hydrogen (secondary N) is 1. The average Bonchev–Trinajstić information content (AvgIpc) is 2.86. The fourth-order valence-corrected chi connectivity index (χ4v) is 6.91. The zero-order chi connectivity index (χ0) is 23.7. The molecule has 2 heterocycles. The van der Waals surface area contributed by atoms with Crippen LogP contribution >= 0.6 is 0 Å². The molecule has 2 aromatic rings. The Kier molecular flexibility index (Phi) is 7.02. The Bertz CT molecular complexity index is 950. The summed E-state index contributed by atoms with van der Waals surface area (Å²) in [5, 5.41) is 3.61. The van der Waals surface area contributed by atoms with Crippen molar-refractivity contribution in [3.05, 3.63) is 65.2 Å². The van der Waals surface area contributed by atoms with E-state index in [1.54, 1.807) is 12.7 Å². The summed E-state index contributed by atoms with van der Waals surface area (Å²) in [7, 11) is 1.74. The first-order chi connectivity index (χ1) is 16.5. The Labute approximate surface area is 206 Å². The molecular formula is C30H43N3O. The Morgan fingerprint density at radius 2 is 1.74 bits per heavy atom. The third-order valence-electron chi connectivity index (χ3n) is 9.05. The Balaban J connectivity index is 1.44. The van der Waals surface area contributed by atoms with Gasteiger partial charge in [-0.15, -0.1) is 0 Å². The first kappa shape index (κ1) is 23.8. The van der Waals surface area contributed by atoms with Crippen molar-refractivity contribution in [2.24, 2.45) is 5.41 Å².